The van der Waals surface area contributed by atoms with Crippen LogP contribution in [0.1, 0.15) is 19.3 Å². The maximum atomic E-state index is 12.3. The van der Waals surface area contributed by atoms with E-state index in [0.717, 1.165) is 0 Å². The summed E-state index contributed by atoms with van der Waals surface area (Å²) in [5, 5.41) is 0. The summed E-state index contributed by atoms with van der Waals surface area (Å²) in [6.45, 7) is 0. The molecular weight excluding hydrogens is 190 g/mol. The lowest BCUT2D eigenvalue weighted by molar-refractivity contribution is 0.443. The molecule has 1 aliphatic carbocycles. The van der Waals surface area contributed by atoms with Gasteiger partial charge >= 0.3 is 0 Å². The van der Waals surface area contributed by atoms with Crippen molar-refractivity contribution in [1.29, 1.82) is 0 Å². The topological polar surface area (TPSA) is 0 Å². The molecule has 3 heteroatoms. The first-order valence-corrected chi connectivity index (χ1v) is 3.79. The van der Waals surface area contributed by atoms with Gasteiger partial charge in [0.05, 0.1) is 0 Å². The van der Waals surface area contributed by atoms with E-state index < -0.39 is 11.7 Å². The van der Waals surface area contributed by atoms with Crippen LogP contribution in [0.5, 0.6) is 0 Å². The minimum absolute atomic E-state index is 0.136. The highest BCUT2D eigenvalue weighted by Gasteiger charge is 2.18. The molecule has 0 fully saturated rings. The summed E-state index contributed by atoms with van der Waals surface area (Å²) in [4.78, 5) is 0.136. The predicted octanol–water partition coefficient (Wildman–Crippen LogP) is 3.08. The van der Waals surface area contributed by atoms with E-state index in [-0.39, 0.29) is 17.7 Å². The number of rotatable bonds is 0. The second-order valence-electron chi connectivity index (χ2n) is 2.15. The van der Waals surface area contributed by atoms with Gasteiger partial charge in [-0.15, -0.1) is 0 Å². The van der Waals surface area contributed by atoms with Crippen LogP contribution in [0.25, 0.3) is 0 Å². The second-order valence-corrected chi connectivity index (χ2v) is 3.44. The van der Waals surface area contributed by atoms with E-state index in [1.54, 1.807) is 0 Å². The molecule has 1 atom stereocenters. The maximum Gasteiger partial charge on any atom is 0.132 e. The summed E-state index contributed by atoms with van der Waals surface area (Å²) in [6.07, 6.45) is 1.17. The van der Waals surface area contributed by atoms with E-state index in [2.05, 4.69) is 15.9 Å². The summed E-state index contributed by atoms with van der Waals surface area (Å²) < 4.78 is 24.5. The SMILES string of the molecule is FC1=C(F)CC(Br)CC1. The zero-order chi connectivity index (χ0) is 6.85. The molecule has 0 aromatic carbocycles. The highest BCUT2D eigenvalue weighted by atomic mass is 79.9. The third kappa shape index (κ3) is 1.75. The van der Waals surface area contributed by atoms with Crippen LogP contribution < -0.4 is 0 Å². The van der Waals surface area contributed by atoms with Gasteiger partial charge in [0.1, 0.15) is 11.7 Å². The number of halogens is 3. The zero-order valence-electron chi connectivity index (χ0n) is 4.83. The lowest BCUT2D eigenvalue weighted by Gasteiger charge is -2.13. The molecule has 0 saturated heterocycles. The summed E-state index contributed by atoms with van der Waals surface area (Å²) in [5.41, 5.74) is 0. The average Bonchev–Trinajstić information content (AvgIpc) is 1.80. The summed E-state index contributed by atoms with van der Waals surface area (Å²) in [7, 11) is 0. The first-order valence-electron chi connectivity index (χ1n) is 2.87. The van der Waals surface area contributed by atoms with Gasteiger partial charge in [0.25, 0.3) is 0 Å². The minimum Gasteiger partial charge on any atom is -0.209 e. The van der Waals surface area contributed by atoms with E-state index in [1.807, 2.05) is 0 Å². The van der Waals surface area contributed by atoms with Gasteiger partial charge in [-0.25, -0.2) is 8.78 Å². The molecule has 0 bridgehead atoms. The summed E-state index contributed by atoms with van der Waals surface area (Å²) in [6, 6.07) is 0. The normalized spacial score (nSPS) is 29.0. The molecular formula is C6H7BrF2. The van der Waals surface area contributed by atoms with Gasteiger partial charge in [-0.1, -0.05) is 15.9 Å². The molecule has 0 aliphatic heterocycles. The van der Waals surface area contributed by atoms with E-state index in [1.165, 1.54) is 0 Å². The molecule has 52 valence electrons. The molecule has 1 rings (SSSR count). The molecule has 0 N–H and O–H groups in total. The number of hydrogen-bond donors (Lipinski definition) is 0. The Morgan fingerprint density at radius 2 is 2.00 bits per heavy atom. The van der Waals surface area contributed by atoms with Crippen molar-refractivity contribution in [2.24, 2.45) is 0 Å². The fourth-order valence-electron chi connectivity index (χ4n) is 0.826. The highest BCUT2D eigenvalue weighted by Crippen LogP contribution is 2.30. The third-order valence-electron chi connectivity index (χ3n) is 1.37. The van der Waals surface area contributed by atoms with Crippen LogP contribution in [-0.2, 0) is 0 Å². The second kappa shape index (κ2) is 2.78. The Labute approximate surface area is 61.1 Å². The zero-order valence-corrected chi connectivity index (χ0v) is 6.42. The van der Waals surface area contributed by atoms with Crippen LogP contribution in [0.3, 0.4) is 0 Å². The Morgan fingerprint density at radius 1 is 1.33 bits per heavy atom. The van der Waals surface area contributed by atoms with Crippen molar-refractivity contribution < 1.29 is 8.78 Å². The molecule has 0 heterocycles. The minimum atomic E-state index is -0.580. The fourth-order valence-corrected chi connectivity index (χ4v) is 1.34. The lowest BCUT2D eigenvalue weighted by atomic mass is 10.1. The number of allylic oxidation sites excluding steroid dienone is 2. The van der Waals surface area contributed by atoms with Gasteiger partial charge in [0, 0.05) is 17.7 Å². The molecule has 0 spiro atoms. The lowest BCUT2D eigenvalue weighted by Crippen LogP contribution is -2.04. The van der Waals surface area contributed by atoms with Gasteiger partial charge in [0.2, 0.25) is 0 Å². The third-order valence-corrected chi connectivity index (χ3v) is 2.15. The van der Waals surface area contributed by atoms with Crippen LogP contribution in [0, 0.1) is 0 Å². The molecule has 0 aromatic rings. The summed E-state index contributed by atoms with van der Waals surface area (Å²) in [5.74, 6) is -1.14. The quantitative estimate of drug-likeness (QED) is 0.523. The van der Waals surface area contributed by atoms with Crippen LogP contribution in [0.15, 0.2) is 11.7 Å². The Balaban J connectivity index is 2.61. The molecule has 0 saturated carbocycles. The fraction of sp³-hybridized carbons (Fsp3) is 0.667. The van der Waals surface area contributed by atoms with Gasteiger partial charge < -0.3 is 0 Å². The van der Waals surface area contributed by atoms with Crippen molar-refractivity contribution in [3.05, 3.63) is 11.7 Å². The van der Waals surface area contributed by atoms with E-state index >= 15 is 0 Å². The van der Waals surface area contributed by atoms with Gasteiger partial charge in [-0.3, -0.25) is 0 Å². The van der Waals surface area contributed by atoms with Crippen molar-refractivity contribution in [3.63, 3.8) is 0 Å². The van der Waals surface area contributed by atoms with Crippen molar-refractivity contribution >= 4 is 15.9 Å². The highest BCUT2D eigenvalue weighted by molar-refractivity contribution is 9.09. The largest absolute Gasteiger partial charge is 0.209 e. The van der Waals surface area contributed by atoms with E-state index in [0.29, 0.717) is 6.42 Å². The molecule has 0 amide bonds. The number of hydrogen-bond acceptors (Lipinski definition) is 0. The van der Waals surface area contributed by atoms with E-state index in [9.17, 15) is 8.78 Å². The number of alkyl halides is 1. The molecule has 0 aromatic heterocycles. The maximum absolute atomic E-state index is 12.3. The standard InChI is InChI=1S/C6H7BrF2/c7-4-1-2-5(8)6(9)3-4/h4H,1-3H2. The van der Waals surface area contributed by atoms with E-state index in [4.69, 9.17) is 0 Å². The van der Waals surface area contributed by atoms with Crippen molar-refractivity contribution in [1.82, 2.24) is 0 Å². The molecule has 9 heavy (non-hydrogen) atoms. The van der Waals surface area contributed by atoms with Crippen LogP contribution >= 0.6 is 15.9 Å². The predicted molar refractivity (Wildman–Crippen MR) is 35.8 cm³/mol. The first kappa shape index (κ1) is 7.19. The Morgan fingerprint density at radius 3 is 2.44 bits per heavy atom. The molecule has 1 aliphatic rings. The average molecular weight is 197 g/mol. The van der Waals surface area contributed by atoms with Gasteiger partial charge in [-0.05, 0) is 6.42 Å². The van der Waals surface area contributed by atoms with Gasteiger partial charge in [0.15, 0.2) is 0 Å². The van der Waals surface area contributed by atoms with Crippen molar-refractivity contribution in [2.75, 3.05) is 0 Å². The smallest absolute Gasteiger partial charge is 0.132 e. The van der Waals surface area contributed by atoms with Crippen LogP contribution in [-0.4, -0.2) is 4.83 Å². The van der Waals surface area contributed by atoms with Gasteiger partial charge in [-0.2, -0.15) is 0 Å². The first-order chi connectivity index (χ1) is 4.20. The van der Waals surface area contributed by atoms with Crippen LogP contribution in [0.4, 0.5) is 8.78 Å². The molecule has 0 radical (unpaired) electrons. The van der Waals surface area contributed by atoms with Crippen LogP contribution in [0.2, 0.25) is 0 Å². The Bertz CT molecular complexity index is 142. The van der Waals surface area contributed by atoms with Crippen molar-refractivity contribution in [2.45, 2.75) is 24.1 Å². The monoisotopic (exact) mass is 196 g/mol. The van der Waals surface area contributed by atoms with Crippen molar-refractivity contribution in [3.8, 4) is 0 Å². The summed E-state index contributed by atoms with van der Waals surface area (Å²) >= 11 is 3.22. The molecule has 0 nitrogen and oxygen atoms in total. The molecule has 1 unspecified atom stereocenters. The Hall–Kier alpha value is 0.0800. The Kier molecular flexibility index (Phi) is 2.22.